The maximum absolute atomic E-state index is 12.6. The average molecular weight is 485 g/mol. The van der Waals surface area contributed by atoms with Crippen LogP contribution in [0.1, 0.15) is 12.5 Å². The van der Waals surface area contributed by atoms with Crippen LogP contribution in [0.2, 0.25) is 0 Å². The molecule has 1 amide bonds. The highest BCUT2D eigenvalue weighted by Crippen LogP contribution is 2.26. The first-order valence-electron chi connectivity index (χ1n) is 9.83. The van der Waals surface area contributed by atoms with Crippen molar-refractivity contribution in [2.24, 2.45) is 0 Å². The smallest absolute Gasteiger partial charge is 0.271 e. The molecule has 4 aromatic rings. The van der Waals surface area contributed by atoms with Crippen LogP contribution in [0.15, 0.2) is 58.5 Å². The Bertz CT molecular complexity index is 1390. The van der Waals surface area contributed by atoms with Crippen LogP contribution in [-0.2, 0) is 4.79 Å². The predicted molar refractivity (Wildman–Crippen MR) is 132 cm³/mol. The highest BCUT2D eigenvalue weighted by atomic mass is 32.2. The number of thioether (sulfide) groups is 1. The summed E-state index contributed by atoms with van der Waals surface area (Å²) in [6.45, 7) is 4.46. The van der Waals surface area contributed by atoms with Crippen LogP contribution < -0.4 is 15.6 Å². The van der Waals surface area contributed by atoms with Crippen LogP contribution in [-0.4, -0.2) is 32.8 Å². The molecule has 7 nitrogen and oxygen atoms in total. The summed E-state index contributed by atoms with van der Waals surface area (Å²) in [6, 6.07) is 15.0. The number of carbonyl (C=O) groups is 1. The normalized spacial score (nSPS) is 10.9. The second kappa shape index (κ2) is 9.68. The largest absolute Gasteiger partial charge is 0.494 e. The summed E-state index contributed by atoms with van der Waals surface area (Å²) < 4.78 is 8.21. The van der Waals surface area contributed by atoms with E-state index in [9.17, 15) is 9.59 Å². The first-order chi connectivity index (χ1) is 15.4. The van der Waals surface area contributed by atoms with Crippen molar-refractivity contribution in [3.8, 4) is 11.4 Å². The zero-order chi connectivity index (χ0) is 22.7. The van der Waals surface area contributed by atoms with Crippen molar-refractivity contribution in [3.05, 3.63) is 68.4 Å². The zero-order valence-electron chi connectivity index (χ0n) is 17.4. The Labute approximate surface area is 197 Å². The number of nitrogens with one attached hydrogen (secondary N) is 2. The van der Waals surface area contributed by atoms with Gasteiger partial charge in [-0.05, 0) is 68.0 Å². The summed E-state index contributed by atoms with van der Waals surface area (Å²) in [5.41, 5.74) is 2.76. The van der Waals surface area contributed by atoms with Crippen LogP contribution in [0, 0.1) is 10.9 Å². The van der Waals surface area contributed by atoms with Gasteiger partial charge in [0.1, 0.15) is 10.4 Å². The minimum absolute atomic E-state index is 0.107. The van der Waals surface area contributed by atoms with Gasteiger partial charge in [-0.1, -0.05) is 35.2 Å². The van der Waals surface area contributed by atoms with Crippen LogP contribution in [0.5, 0.6) is 5.75 Å². The summed E-state index contributed by atoms with van der Waals surface area (Å²) >= 11 is 7.86. The van der Waals surface area contributed by atoms with E-state index in [0.717, 1.165) is 34.4 Å². The molecule has 0 saturated carbocycles. The predicted octanol–water partition coefficient (Wildman–Crippen LogP) is 4.94. The number of H-pyrrole nitrogens is 1. The van der Waals surface area contributed by atoms with Crippen LogP contribution in [0.3, 0.4) is 0 Å². The summed E-state index contributed by atoms with van der Waals surface area (Å²) in [7, 11) is 0. The quantitative estimate of drug-likeness (QED) is 0.219. The third-order valence-electron chi connectivity index (χ3n) is 4.47. The highest BCUT2D eigenvalue weighted by Gasteiger charge is 2.15. The monoisotopic (exact) mass is 484 g/mol. The molecular weight excluding hydrogens is 464 g/mol. The molecule has 0 aliphatic carbocycles. The van der Waals surface area contributed by atoms with E-state index in [0.29, 0.717) is 26.1 Å². The minimum atomic E-state index is -0.280. The highest BCUT2D eigenvalue weighted by molar-refractivity contribution is 7.99. The number of nitrogens with zero attached hydrogens (tertiary/aromatic N) is 2. The number of amides is 1. The number of benzene rings is 2. The molecule has 32 heavy (non-hydrogen) atoms. The van der Waals surface area contributed by atoms with E-state index in [4.69, 9.17) is 17.0 Å². The van der Waals surface area contributed by atoms with Gasteiger partial charge in [-0.25, -0.2) is 4.98 Å². The SMILES string of the molecule is CCOc1ccc(-n2c(=S)sc3c(=O)[nH]c(SCC(=O)Nc4cccc(C)c4)nc32)cc1. The molecule has 0 spiro atoms. The van der Waals surface area contributed by atoms with Crippen molar-refractivity contribution in [2.45, 2.75) is 19.0 Å². The molecule has 164 valence electrons. The van der Waals surface area contributed by atoms with Gasteiger partial charge in [-0.3, -0.25) is 14.2 Å². The van der Waals surface area contributed by atoms with E-state index in [1.807, 2.05) is 62.4 Å². The van der Waals surface area contributed by atoms with Gasteiger partial charge in [0.15, 0.2) is 14.8 Å². The van der Waals surface area contributed by atoms with E-state index < -0.39 is 0 Å². The van der Waals surface area contributed by atoms with Gasteiger partial charge in [0, 0.05) is 11.4 Å². The number of thiazole rings is 1. The van der Waals surface area contributed by atoms with Gasteiger partial charge in [0.2, 0.25) is 5.91 Å². The summed E-state index contributed by atoms with van der Waals surface area (Å²) in [5.74, 6) is 0.678. The molecule has 0 aliphatic heterocycles. The van der Waals surface area contributed by atoms with Crippen molar-refractivity contribution < 1.29 is 9.53 Å². The van der Waals surface area contributed by atoms with Crippen molar-refractivity contribution in [1.82, 2.24) is 14.5 Å². The van der Waals surface area contributed by atoms with E-state index >= 15 is 0 Å². The molecule has 2 N–H and O–H groups in total. The number of fused-ring (bicyclic) bond motifs is 1. The van der Waals surface area contributed by atoms with E-state index in [1.165, 1.54) is 11.3 Å². The summed E-state index contributed by atoms with van der Waals surface area (Å²) in [4.78, 5) is 32.3. The molecule has 0 bridgehead atoms. The van der Waals surface area contributed by atoms with Gasteiger partial charge in [0.25, 0.3) is 5.56 Å². The molecule has 0 radical (unpaired) electrons. The minimum Gasteiger partial charge on any atom is -0.494 e. The lowest BCUT2D eigenvalue weighted by Gasteiger charge is -2.08. The van der Waals surface area contributed by atoms with Crippen molar-refractivity contribution >= 4 is 57.3 Å². The Morgan fingerprint density at radius 1 is 1.28 bits per heavy atom. The fraction of sp³-hybridized carbons (Fsp3) is 0.182. The lowest BCUT2D eigenvalue weighted by atomic mass is 10.2. The molecule has 0 fully saturated rings. The molecule has 4 rings (SSSR count). The van der Waals surface area contributed by atoms with Crippen LogP contribution in [0.25, 0.3) is 16.0 Å². The van der Waals surface area contributed by atoms with E-state index in [2.05, 4.69) is 15.3 Å². The number of ether oxygens (including phenoxy) is 1. The number of aromatic nitrogens is 3. The van der Waals surface area contributed by atoms with Crippen LogP contribution in [0.4, 0.5) is 5.69 Å². The van der Waals surface area contributed by atoms with Gasteiger partial charge < -0.3 is 15.0 Å². The van der Waals surface area contributed by atoms with Crippen LogP contribution >= 0.6 is 35.3 Å². The van der Waals surface area contributed by atoms with Crippen molar-refractivity contribution in [1.29, 1.82) is 0 Å². The standard InChI is InChI=1S/C22H20N4O3S3/c1-3-29-16-9-7-15(8-10-16)26-19-18(32-22(26)30)20(28)25-21(24-19)31-12-17(27)23-14-6-4-5-13(2)11-14/h4-11H,3,12H2,1-2H3,(H,23,27)(H,24,25,28). The Balaban J connectivity index is 1.58. The second-order valence-corrected chi connectivity index (χ2v) is 9.47. The average Bonchev–Trinajstić information content (AvgIpc) is 3.10. The lowest BCUT2D eigenvalue weighted by molar-refractivity contribution is -0.113. The molecule has 0 atom stereocenters. The van der Waals surface area contributed by atoms with Gasteiger partial charge in [-0.2, -0.15) is 0 Å². The molecule has 0 saturated heterocycles. The van der Waals surface area contributed by atoms with Crippen molar-refractivity contribution in [3.63, 3.8) is 0 Å². The third-order valence-corrected chi connectivity index (χ3v) is 6.70. The third kappa shape index (κ3) is 4.93. The number of aryl methyl sites for hydroxylation is 1. The second-order valence-electron chi connectivity index (χ2n) is 6.86. The first-order valence-corrected chi connectivity index (χ1v) is 12.0. The number of aromatic amines is 1. The number of carbonyl (C=O) groups excluding carboxylic acids is 1. The zero-order valence-corrected chi connectivity index (χ0v) is 19.8. The van der Waals surface area contributed by atoms with E-state index in [-0.39, 0.29) is 17.2 Å². The lowest BCUT2D eigenvalue weighted by Crippen LogP contribution is -2.15. The number of anilines is 1. The Morgan fingerprint density at radius 2 is 2.06 bits per heavy atom. The maximum Gasteiger partial charge on any atom is 0.271 e. The molecule has 10 heteroatoms. The van der Waals surface area contributed by atoms with Gasteiger partial charge in [0.05, 0.1) is 12.4 Å². The number of rotatable bonds is 7. The first kappa shape index (κ1) is 22.3. The Hall–Kier alpha value is -2.95. The molecule has 2 aromatic heterocycles. The molecule has 2 heterocycles. The van der Waals surface area contributed by atoms with Gasteiger partial charge in [-0.15, -0.1) is 0 Å². The van der Waals surface area contributed by atoms with E-state index in [1.54, 1.807) is 4.57 Å². The fourth-order valence-corrected chi connectivity index (χ4v) is 5.03. The maximum atomic E-state index is 12.6. The number of hydrogen-bond acceptors (Lipinski definition) is 7. The topological polar surface area (TPSA) is 89.0 Å². The number of hydrogen-bond donors (Lipinski definition) is 2. The van der Waals surface area contributed by atoms with Crippen molar-refractivity contribution in [2.75, 3.05) is 17.7 Å². The summed E-state index contributed by atoms with van der Waals surface area (Å²) in [6.07, 6.45) is 0. The molecule has 0 aliphatic rings. The molecule has 0 unspecified atom stereocenters. The van der Waals surface area contributed by atoms with Gasteiger partial charge >= 0.3 is 0 Å². The fourth-order valence-electron chi connectivity index (χ4n) is 3.10. The molecular formula is C22H20N4O3S3. The summed E-state index contributed by atoms with van der Waals surface area (Å²) in [5, 5.41) is 3.21. The Kier molecular flexibility index (Phi) is 6.73. The Morgan fingerprint density at radius 3 is 2.78 bits per heavy atom. The molecule has 2 aromatic carbocycles.